The van der Waals surface area contributed by atoms with Gasteiger partial charge in [-0.15, -0.1) is 0 Å². The van der Waals surface area contributed by atoms with Gasteiger partial charge in [-0.25, -0.2) is 0 Å². The van der Waals surface area contributed by atoms with Crippen LogP contribution in [0.15, 0.2) is 0 Å². The van der Waals surface area contributed by atoms with Crippen LogP contribution >= 0.6 is 0 Å². The lowest BCUT2D eigenvalue weighted by molar-refractivity contribution is 0.191. The van der Waals surface area contributed by atoms with E-state index >= 15 is 0 Å². The van der Waals surface area contributed by atoms with Crippen LogP contribution in [0, 0.1) is 5.92 Å². The Labute approximate surface area is 77.5 Å². The summed E-state index contributed by atoms with van der Waals surface area (Å²) in [4.78, 5) is 4.66. The molecule has 0 aliphatic heterocycles. The van der Waals surface area contributed by atoms with Crippen molar-refractivity contribution in [1.82, 2.24) is 9.80 Å². The fraction of sp³-hybridized carbons (Fsp3) is 1.00. The molecular formula is C10H24N2. The highest BCUT2D eigenvalue weighted by Crippen LogP contribution is 2.01. The van der Waals surface area contributed by atoms with Crippen LogP contribution in [0.1, 0.15) is 20.8 Å². The summed E-state index contributed by atoms with van der Waals surface area (Å²) >= 11 is 0. The molecule has 0 fully saturated rings. The van der Waals surface area contributed by atoms with Gasteiger partial charge in [0.1, 0.15) is 0 Å². The summed E-state index contributed by atoms with van der Waals surface area (Å²) in [5, 5.41) is 0. The molecule has 0 aliphatic carbocycles. The highest BCUT2D eigenvalue weighted by atomic mass is 15.2. The highest BCUT2D eigenvalue weighted by Gasteiger charge is 2.10. The maximum absolute atomic E-state index is 2.42. The molecule has 1 atom stereocenters. The molecule has 0 amide bonds. The Morgan fingerprint density at radius 1 is 0.917 bits per heavy atom. The van der Waals surface area contributed by atoms with Crippen molar-refractivity contribution in [3.63, 3.8) is 0 Å². The Hall–Kier alpha value is -0.0800. The first-order valence-corrected chi connectivity index (χ1v) is 4.78. The summed E-state index contributed by atoms with van der Waals surface area (Å²) < 4.78 is 0. The van der Waals surface area contributed by atoms with Crippen LogP contribution in [0.3, 0.4) is 0 Å². The zero-order chi connectivity index (χ0) is 9.72. The first kappa shape index (κ1) is 11.9. The van der Waals surface area contributed by atoms with Gasteiger partial charge in [0, 0.05) is 19.1 Å². The van der Waals surface area contributed by atoms with Gasteiger partial charge in [-0.3, -0.25) is 0 Å². The molecule has 0 saturated carbocycles. The van der Waals surface area contributed by atoms with Crippen molar-refractivity contribution < 1.29 is 0 Å². The lowest BCUT2D eigenvalue weighted by Gasteiger charge is -2.28. The molecule has 0 aliphatic rings. The van der Waals surface area contributed by atoms with Crippen LogP contribution in [0.25, 0.3) is 0 Å². The molecule has 0 radical (unpaired) electrons. The molecule has 12 heavy (non-hydrogen) atoms. The van der Waals surface area contributed by atoms with E-state index in [-0.39, 0.29) is 0 Å². The number of hydrogen-bond donors (Lipinski definition) is 0. The SMILES string of the molecule is CC(C)CN(C)[C@H](C)CN(C)C. The van der Waals surface area contributed by atoms with E-state index in [1.54, 1.807) is 0 Å². The molecule has 0 rings (SSSR count). The second-order valence-electron chi connectivity index (χ2n) is 4.44. The van der Waals surface area contributed by atoms with E-state index < -0.39 is 0 Å². The van der Waals surface area contributed by atoms with Gasteiger partial charge in [0.05, 0.1) is 0 Å². The molecule has 0 bridgehead atoms. The predicted molar refractivity (Wildman–Crippen MR) is 55.5 cm³/mol. The topological polar surface area (TPSA) is 6.48 Å². The minimum absolute atomic E-state index is 0.655. The molecule has 0 aromatic carbocycles. The van der Waals surface area contributed by atoms with Gasteiger partial charge in [0.25, 0.3) is 0 Å². The number of hydrogen-bond acceptors (Lipinski definition) is 2. The van der Waals surface area contributed by atoms with Crippen LogP contribution in [-0.2, 0) is 0 Å². The van der Waals surface area contributed by atoms with Crippen LogP contribution in [0.2, 0.25) is 0 Å². The van der Waals surface area contributed by atoms with Gasteiger partial charge in [-0.2, -0.15) is 0 Å². The van der Waals surface area contributed by atoms with Gasteiger partial charge < -0.3 is 9.80 Å². The number of likely N-dealkylation sites (N-methyl/N-ethyl adjacent to an activating group) is 2. The van der Waals surface area contributed by atoms with Crippen molar-refractivity contribution in [3.8, 4) is 0 Å². The monoisotopic (exact) mass is 172 g/mol. The molecule has 0 saturated heterocycles. The van der Waals surface area contributed by atoms with Gasteiger partial charge in [0.15, 0.2) is 0 Å². The average molecular weight is 172 g/mol. The van der Waals surface area contributed by atoms with Crippen LogP contribution < -0.4 is 0 Å². The number of nitrogens with zero attached hydrogens (tertiary/aromatic N) is 2. The van der Waals surface area contributed by atoms with Crippen LogP contribution in [-0.4, -0.2) is 50.1 Å². The van der Waals surface area contributed by atoms with Crippen molar-refractivity contribution in [2.75, 3.05) is 34.2 Å². The van der Waals surface area contributed by atoms with Gasteiger partial charge >= 0.3 is 0 Å². The zero-order valence-electron chi connectivity index (χ0n) is 9.46. The molecule has 0 aromatic rings. The first-order valence-electron chi connectivity index (χ1n) is 4.78. The normalized spacial score (nSPS) is 14.8. The summed E-state index contributed by atoms with van der Waals surface area (Å²) in [5.41, 5.74) is 0. The van der Waals surface area contributed by atoms with Gasteiger partial charge in [-0.1, -0.05) is 13.8 Å². The van der Waals surface area contributed by atoms with Crippen LogP contribution in [0.4, 0.5) is 0 Å². The zero-order valence-corrected chi connectivity index (χ0v) is 9.46. The fourth-order valence-corrected chi connectivity index (χ4v) is 1.42. The predicted octanol–water partition coefficient (Wildman–Crippen LogP) is 1.52. The lowest BCUT2D eigenvalue weighted by Crippen LogP contribution is -2.39. The minimum Gasteiger partial charge on any atom is -0.308 e. The second-order valence-corrected chi connectivity index (χ2v) is 4.44. The Kier molecular flexibility index (Phi) is 5.51. The maximum Gasteiger partial charge on any atom is 0.0191 e. The molecule has 0 aromatic heterocycles. The molecular weight excluding hydrogens is 148 g/mol. The summed E-state index contributed by atoms with van der Waals surface area (Å²) in [5.74, 6) is 0.764. The first-order chi connectivity index (χ1) is 5.43. The fourth-order valence-electron chi connectivity index (χ4n) is 1.42. The lowest BCUT2D eigenvalue weighted by atomic mass is 10.2. The van der Waals surface area contributed by atoms with Crippen molar-refractivity contribution in [1.29, 1.82) is 0 Å². The Balaban J connectivity index is 3.68. The molecule has 2 nitrogen and oxygen atoms in total. The second kappa shape index (κ2) is 5.55. The quantitative estimate of drug-likeness (QED) is 0.620. The van der Waals surface area contributed by atoms with E-state index in [0.29, 0.717) is 6.04 Å². The summed E-state index contributed by atoms with van der Waals surface area (Å²) in [7, 11) is 6.45. The molecule has 2 heteroatoms. The van der Waals surface area contributed by atoms with E-state index in [1.807, 2.05) is 0 Å². The Morgan fingerprint density at radius 2 is 1.42 bits per heavy atom. The third-order valence-corrected chi connectivity index (χ3v) is 2.03. The van der Waals surface area contributed by atoms with E-state index in [9.17, 15) is 0 Å². The van der Waals surface area contributed by atoms with Gasteiger partial charge in [-0.05, 0) is 34.0 Å². The molecule has 0 spiro atoms. The molecule has 0 heterocycles. The molecule has 0 N–H and O–H groups in total. The van der Waals surface area contributed by atoms with E-state index in [0.717, 1.165) is 12.5 Å². The summed E-state index contributed by atoms with van der Waals surface area (Å²) in [6.07, 6.45) is 0. The standard InChI is InChI=1S/C10H24N2/c1-9(2)7-12(6)10(3)8-11(4)5/h9-10H,7-8H2,1-6H3/t10-/m1/s1. The van der Waals surface area contributed by atoms with Crippen molar-refractivity contribution >= 4 is 0 Å². The average Bonchev–Trinajstić information content (AvgIpc) is 1.84. The van der Waals surface area contributed by atoms with Crippen molar-refractivity contribution in [3.05, 3.63) is 0 Å². The molecule has 0 unspecified atom stereocenters. The van der Waals surface area contributed by atoms with Crippen molar-refractivity contribution in [2.45, 2.75) is 26.8 Å². The van der Waals surface area contributed by atoms with Crippen molar-refractivity contribution in [2.24, 2.45) is 5.92 Å². The Morgan fingerprint density at radius 3 is 1.75 bits per heavy atom. The summed E-state index contributed by atoms with van der Waals surface area (Å²) in [6.45, 7) is 9.14. The van der Waals surface area contributed by atoms with E-state index in [4.69, 9.17) is 0 Å². The van der Waals surface area contributed by atoms with E-state index in [2.05, 4.69) is 51.7 Å². The third-order valence-electron chi connectivity index (χ3n) is 2.03. The summed E-state index contributed by atoms with van der Waals surface area (Å²) in [6, 6.07) is 0.655. The molecule has 74 valence electrons. The maximum atomic E-state index is 2.42. The minimum atomic E-state index is 0.655. The Bertz CT molecular complexity index is 96.4. The van der Waals surface area contributed by atoms with Gasteiger partial charge in [0.2, 0.25) is 0 Å². The smallest absolute Gasteiger partial charge is 0.0191 e. The highest BCUT2D eigenvalue weighted by molar-refractivity contribution is 4.66. The largest absolute Gasteiger partial charge is 0.308 e. The van der Waals surface area contributed by atoms with Crippen LogP contribution in [0.5, 0.6) is 0 Å². The van der Waals surface area contributed by atoms with E-state index in [1.165, 1.54) is 6.54 Å². The number of rotatable bonds is 5. The third kappa shape index (κ3) is 5.56.